The standard InChI is InChI=1S/C12H22N2O4/c1-9(11(15)16)3-6-13-12(17)14-7-4-10(18-2)5-8-14/h9-10H,3-8H2,1-2H3,(H,13,17)(H,15,16). The maximum atomic E-state index is 11.8. The molecule has 1 rings (SSSR count). The molecule has 2 N–H and O–H groups in total. The Morgan fingerprint density at radius 2 is 2.06 bits per heavy atom. The number of likely N-dealkylation sites (tertiary alicyclic amines) is 1. The number of hydrogen-bond acceptors (Lipinski definition) is 3. The van der Waals surface area contributed by atoms with Gasteiger partial charge in [0.2, 0.25) is 0 Å². The first kappa shape index (κ1) is 14.8. The molecule has 0 saturated carbocycles. The van der Waals surface area contributed by atoms with E-state index in [1.165, 1.54) is 0 Å². The van der Waals surface area contributed by atoms with Crippen molar-refractivity contribution in [3.8, 4) is 0 Å². The minimum Gasteiger partial charge on any atom is -0.481 e. The van der Waals surface area contributed by atoms with E-state index in [1.54, 1.807) is 18.9 Å². The van der Waals surface area contributed by atoms with Gasteiger partial charge in [-0.1, -0.05) is 6.92 Å². The van der Waals surface area contributed by atoms with Gasteiger partial charge in [0.25, 0.3) is 0 Å². The van der Waals surface area contributed by atoms with Gasteiger partial charge in [-0.25, -0.2) is 4.79 Å². The van der Waals surface area contributed by atoms with E-state index in [0.717, 1.165) is 12.8 Å². The lowest BCUT2D eigenvalue weighted by Gasteiger charge is -2.31. The van der Waals surface area contributed by atoms with Gasteiger partial charge in [-0.05, 0) is 19.3 Å². The summed E-state index contributed by atoms with van der Waals surface area (Å²) in [7, 11) is 1.69. The predicted octanol–water partition coefficient (Wildman–Crippen LogP) is 0.918. The topological polar surface area (TPSA) is 78.9 Å². The highest BCUT2D eigenvalue weighted by Gasteiger charge is 2.22. The average molecular weight is 258 g/mol. The summed E-state index contributed by atoms with van der Waals surface area (Å²) < 4.78 is 5.23. The molecule has 0 bridgehead atoms. The molecule has 1 unspecified atom stereocenters. The Kier molecular flexibility index (Phi) is 5.91. The van der Waals surface area contributed by atoms with E-state index in [0.29, 0.717) is 26.1 Å². The Balaban J connectivity index is 2.19. The number of nitrogens with zero attached hydrogens (tertiary/aromatic N) is 1. The van der Waals surface area contributed by atoms with Crippen LogP contribution in [0.1, 0.15) is 26.2 Å². The highest BCUT2D eigenvalue weighted by molar-refractivity contribution is 5.74. The Labute approximate surface area is 107 Å². The fraction of sp³-hybridized carbons (Fsp3) is 0.833. The fourth-order valence-corrected chi connectivity index (χ4v) is 1.93. The van der Waals surface area contributed by atoms with Crippen LogP contribution < -0.4 is 5.32 Å². The van der Waals surface area contributed by atoms with Crippen LogP contribution in [-0.4, -0.2) is 54.9 Å². The van der Waals surface area contributed by atoms with Crippen molar-refractivity contribution in [2.45, 2.75) is 32.3 Å². The van der Waals surface area contributed by atoms with Gasteiger partial charge in [0.05, 0.1) is 12.0 Å². The first-order valence-corrected chi connectivity index (χ1v) is 6.33. The van der Waals surface area contributed by atoms with Gasteiger partial charge in [-0.2, -0.15) is 0 Å². The van der Waals surface area contributed by atoms with E-state index in [1.807, 2.05) is 0 Å². The molecule has 0 aromatic heterocycles. The van der Waals surface area contributed by atoms with Crippen LogP contribution in [0.25, 0.3) is 0 Å². The van der Waals surface area contributed by atoms with Crippen molar-refractivity contribution < 1.29 is 19.4 Å². The lowest BCUT2D eigenvalue weighted by Crippen LogP contribution is -2.46. The van der Waals surface area contributed by atoms with Gasteiger partial charge >= 0.3 is 12.0 Å². The van der Waals surface area contributed by atoms with E-state index in [2.05, 4.69) is 5.32 Å². The number of methoxy groups -OCH3 is 1. The number of carbonyl (C=O) groups excluding carboxylic acids is 1. The second-order valence-corrected chi connectivity index (χ2v) is 4.68. The number of ether oxygens (including phenoxy) is 1. The fourth-order valence-electron chi connectivity index (χ4n) is 1.93. The van der Waals surface area contributed by atoms with Gasteiger partial charge in [0.15, 0.2) is 0 Å². The van der Waals surface area contributed by atoms with E-state index >= 15 is 0 Å². The van der Waals surface area contributed by atoms with E-state index in [9.17, 15) is 9.59 Å². The molecule has 6 heteroatoms. The molecular weight excluding hydrogens is 236 g/mol. The van der Waals surface area contributed by atoms with Gasteiger partial charge in [-0.15, -0.1) is 0 Å². The SMILES string of the molecule is COC1CCN(C(=O)NCCC(C)C(=O)O)CC1. The lowest BCUT2D eigenvalue weighted by atomic mass is 10.1. The molecule has 0 aromatic carbocycles. The number of piperidine rings is 1. The largest absolute Gasteiger partial charge is 0.481 e. The first-order chi connectivity index (χ1) is 8.54. The van der Waals surface area contributed by atoms with Crippen molar-refractivity contribution in [1.82, 2.24) is 10.2 Å². The Hall–Kier alpha value is -1.30. The van der Waals surface area contributed by atoms with Crippen LogP contribution in [0.5, 0.6) is 0 Å². The van der Waals surface area contributed by atoms with Crippen LogP contribution in [-0.2, 0) is 9.53 Å². The Morgan fingerprint density at radius 1 is 1.44 bits per heavy atom. The summed E-state index contributed by atoms with van der Waals surface area (Å²) in [6, 6.07) is -0.109. The van der Waals surface area contributed by atoms with E-state index in [-0.39, 0.29) is 12.1 Å². The normalized spacial score (nSPS) is 18.4. The van der Waals surface area contributed by atoms with Crippen LogP contribution in [0, 0.1) is 5.92 Å². The summed E-state index contributed by atoms with van der Waals surface area (Å²) in [6.45, 7) is 3.42. The number of hydrogen-bond donors (Lipinski definition) is 2. The quantitative estimate of drug-likeness (QED) is 0.768. The molecule has 0 spiro atoms. The molecule has 0 aliphatic carbocycles. The summed E-state index contributed by atoms with van der Waals surface area (Å²) in [6.07, 6.45) is 2.42. The third-order valence-corrected chi connectivity index (χ3v) is 3.34. The number of urea groups is 1. The zero-order valence-corrected chi connectivity index (χ0v) is 11.0. The number of amides is 2. The van der Waals surface area contributed by atoms with Crippen LogP contribution >= 0.6 is 0 Å². The molecular formula is C12H22N2O4. The average Bonchev–Trinajstić information content (AvgIpc) is 2.38. The molecule has 2 amide bonds. The van der Waals surface area contributed by atoms with E-state index in [4.69, 9.17) is 9.84 Å². The highest BCUT2D eigenvalue weighted by Crippen LogP contribution is 2.12. The summed E-state index contributed by atoms with van der Waals surface area (Å²) in [5, 5.41) is 11.5. The highest BCUT2D eigenvalue weighted by atomic mass is 16.5. The minimum absolute atomic E-state index is 0.109. The monoisotopic (exact) mass is 258 g/mol. The summed E-state index contributed by atoms with van der Waals surface area (Å²) in [4.78, 5) is 24.1. The first-order valence-electron chi connectivity index (χ1n) is 6.33. The van der Waals surface area contributed by atoms with Crippen molar-refractivity contribution >= 4 is 12.0 Å². The van der Waals surface area contributed by atoms with Gasteiger partial charge in [-0.3, -0.25) is 4.79 Å². The number of carbonyl (C=O) groups is 2. The molecule has 1 saturated heterocycles. The molecule has 1 atom stereocenters. The summed E-state index contributed by atoms with van der Waals surface area (Å²) >= 11 is 0. The lowest BCUT2D eigenvalue weighted by molar-refractivity contribution is -0.141. The maximum absolute atomic E-state index is 11.8. The maximum Gasteiger partial charge on any atom is 0.317 e. The number of nitrogens with one attached hydrogen (secondary N) is 1. The third-order valence-electron chi connectivity index (χ3n) is 3.34. The number of aliphatic carboxylic acids is 1. The van der Waals surface area contributed by atoms with Crippen molar-refractivity contribution in [2.24, 2.45) is 5.92 Å². The van der Waals surface area contributed by atoms with Crippen molar-refractivity contribution in [3.63, 3.8) is 0 Å². The molecule has 0 aromatic rings. The summed E-state index contributed by atoms with van der Waals surface area (Å²) in [5.41, 5.74) is 0. The Morgan fingerprint density at radius 3 is 2.56 bits per heavy atom. The Bertz CT molecular complexity index is 288. The van der Waals surface area contributed by atoms with E-state index < -0.39 is 11.9 Å². The molecule has 1 fully saturated rings. The molecule has 1 aliphatic heterocycles. The smallest absolute Gasteiger partial charge is 0.317 e. The zero-order valence-electron chi connectivity index (χ0n) is 11.0. The number of carboxylic acids is 1. The number of carboxylic acid groups (broad SMARTS) is 1. The van der Waals surface area contributed by atoms with Crippen LogP contribution in [0.15, 0.2) is 0 Å². The van der Waals surface area contributed by atoms with Crippen LogP contribution in [0.3, 0.4) is 0 Å². The molecule has 1 heterocycles. The predicted molar refractivity (Wildman–Crippen MR) is 66.4 cm³/mol. The number of rotatable bonds is 5. The van der Waals surface area contributed by atoms with Gasteiger partial charge in [0, 0.05) is 26.7 Å². The van der Waals surface area contributed by atoms with Gasteiger partial charge < -0.3 is 20.1 Å². The molecule has 104 valence electrons. The third kappa shape index (κ3) is 4.52. The van der Waals surface area contributed by atoms with Crippen molar-refractivity contribution in [2.75, 3.05) is 26.7 Å². The molecule has 1 aliphatic rings. The second-order valence-electron chi connectivity index (χ2n) is 4.68. The van der Waals surface area contributed by atoms with Crippen molar-refractivity contribution in [1.29, 1.82) is 0 Å². The van der Waals surface area contributed by atoms with Crippen molar-refractivity contribution in [3.05, 3.63) is 0 Å². The summed E-state index contributed by atoms with van der Waals surface area (Å²) in [5.74, 6) is -1.25. The molecule has 6 nitrogen and oxygen atoms in total. The van der Waals surface area contributed by atoms with Gasteiger partial charge in [0.1, 0.15) is 0 Å². The van der Waals surface area contributed by atoms with Crippen LogP contribution in [0.2, 0.25) is 0 Å². The molecule has 18 heavy (non-hydrogen) atoms. The zero-order chi connectivity index (χ0) is 13.5. The molecule has 0 radical (unpaired) electrons. The van der Waals surface area contributed by atoms with Crippen LogP contribution in [0.4, 0.5) is 4.79 Å². The minimum atomic E-state index is -0.829. The second kappa shape index (κ2) is 7.20.